The Morgan fingerprint density at radius 3 is 2.14 bits per heavy atom. The lowest BCUT2D eigenvalue weighted by Gasteiger charge is -2.21. The zero-order valence-electron chi connectivity index (χ0n) is 15.9. The predicted octanol–water partition coefficient (Wildman–Crippen LogP) is -2.50. The minimum Gasteiger partial charge on any atom is -1.00 e. The van der Waals surface area contributed by atoms with E-state index in [0.717, 1.165) is 0 Å². The Morgan fingerprint density at radius 2 is 1.61 bits per heavy atom. The van der Waals surface area contributed by atoms with Gasteiger partial charge in [0.05, 0.1) is 5.56 Å². The van der Waals surface area contributed by atoms with E-state index in [4.69, 9.17) is 18.9 Å². The van der Waals surface area contributed by atoms with Crippen molar-refractivity contribution in [3.05, 3.63) is 30.1 Å². The molecule has 154 valence electrons. The molecule has 10 heteroatoms. The zero-order valence-corrected chi connectivity index (χ0v) is 16.7. The van der Waals surface area contributed by atoms with Gasteiger partial charge in [-0.25, -0.2) is 0 Å². The van der Waals surface area contributed by atoms with Crippen LogP contribution in [0, 0.1) is 0 Å². The molecular formula is C18H22ClNO8. The van der Waals surface area contributed by atoms with E-state index in [2.05, 4.69) is 0 Å². The van der Waals surface area contributed by atoms with Gasteiger partial charge in [0, 0.05) is 26.8 Å². The van der Waals surface area contributed by atoms with Crippen LogP contribution < -0.4 is 17.0 Å². The summed E-state index contributed by atoms with van der Waals surface area (Å²) in [5, 5.41) is 0. The number of esters is 3. The summed E-state index contributed by atoms with van der Waals surface area (Å²) in [5.41, 5.74) is 0.426. The van der Waals surface area contributed by atoms with Crippen molar-refractivity contribution in [2.45, 2.75) is 52.2 Å². The fourth-order valence-corrected chi connectivity index (χ4v) is 2.79. The van der Waals surface area contributed by atoms with Gasteiger partial charge in [-0.3, -0.25) is 19.2 Å². The molecule has 0 N–H and O–H groups in total. The molecule has 9 nitrogen and oxygen atoms in total. The summed E-state index contributed by atoms with van der Waals surface area (Å²) in [6.07, 6.45) is -0.517. The van der Waals surface area contributed by atoms with E-state index in [1.54, 1.807) is 29.1 Å². The smallest absolute Gasteiger partial charge is 0.304 e. The topological polar surface area (TPSA) is 109 Å². The Hall–Kier alpha value is -2.52. The van der Waals surface area contributed by atoms with Crippen LogP contribution in [0.3, 0.4) is 0 Å². The van der Waals surface area contributed by atoms with Gasteiger partial charge in [0.2, 0.25) is 6.10 Å². The predicted molar refractivity (Wildman–Crippen MR) is 88.3 cm³/mol. The van der Waals surface area contributed by atoms with Crippen molar-refractivity contribution in [2.24, 2.45) is 0 Å². The van der Waals surface area contributed by atoms with Gasteiger partial charge in [0.15, 0.2) is 24.3 Å². The summed E-state index contributed by atoms with van der Waals surface area (Å²) in [7, 11) is 0. The summed E-state index contributed by atoms with van der Waals surface area (Å²) in [4.78, 5) is 45.9. The molecular weight excluding hydrogens is 394 g/mol. The van der Waals surface area contributed by atoms with Crippen molar-refractivity contribution in [3.63, 3.8) is 0 Å². The van der Waals surface area contributed by atoms with Gasteiger partial charge >= 0.3 is 24.1 Å². The highest BCUT2D eigenvalue weighted by molar-refractivity contribution is 5.93. The van der Waals surface area contributed by atoms with Crippen molar-refractivity contribution in [3.8, 4) is 0 Å². The fraction of sp³-hybridized carbons (Fsp3) is 0.500. The van der Waals surface area contributed by atoms with Gasteiger partial charge in [-0.1, -0.05) is 0 Å². The molecule has 2 heterocycles. The van der Waals surface area contributed by atoms with Gasteiger partial charge < -0.3 is 31.4 Å². The number of nitrogens with zero attached hydrogens (tertiary/aromatic N) is 1. The molecule has 1 aromatic rings. The minimum atomic E-state index is -0.987. The van der Waals surface area contributed by atoms with Crippen molar-refractivity contribution in [2.75, 3.05) is 6.61 Å². The highest BCUT2D eigenvalue weighted by Crippen LogP contribution is 2.31. The first-order chi connectivity index (χ1) is 12.7. The number of Topliss-reactive ketones (excluding diaryl/α,β-unsaturated/α-hetero) is 1. The third-order valence-corrected chi connectivity index (χ3v) is 3.86. The first kappa shape index (κ1) is 23.5. The Kier molecular flexibility index (Phi) is 8.52. The molecule has 0 radical (unpaired) electrons. The second-order valence-corrected chi connectivity index (χ2v) is 6.11. The highest BCUT2D eigenvalue weighted by atomic mass is 35.5. The number of rotatable bonds is 6. The monoisotopic (exact) mass is 415 g/mol. The molecule has 0 bridgehead atoms. The first-order valence-corrected chi connectivity index (χ1v) is 8.34. The maximum Gasteiger partial charge on any atom is 0.304 e. The van der Waals surface area contributed by atoms with Crippen LogP contribution in [0.5, 0.6) is 0 Å². The molecule has 4 atom stereocenters. The maximum atomic E-state index is 11.7. The SMILES string of the molecule is CC(=O)OC[C@H]1O[C@@H]([n+]2cccc(C(C)=O)c2)[C@H](OC(C)=O)[C@@H]1OC(C)=O.[Cl-]. The minimum absolute atomic E-state index is 0. The number of carbonyl (C=O) groups excluding carboxylic acids is 4. The number of hydrogen-bond acceptors (Lipinski definition) is 8. The number of aromatic nitrogens is 1. The van der Waals surface area contributed by atoms with E-state index in [1.807, 2.05) is 0 Å². The van der Waals surface area contributed by atoms with Crippen LogP contribution in [-0.2, 0) is 33.3 Å². The van der Waals surface area contributed by atoms with Gasteiger partial charge in [0.25, 0.3) is 0 Å². The van der Waals surface area contributed by atoms with Crippen LogP contribution in [0.25, 0.3) is 0 Å². The Labute approximate surface area is 168 Å². The van der Waals surface area contributed by atoms with Gasteiger partial charge in [0.1, 0.15) is 12.7 Å². The molecule has 1 saturated heterocycles. The summed E-state index contributed by atoms with van der Waals surface area (Å²) in [6, 6.07) is 3.28. The number of halogens is 1. The molecule has 0 amide bonds. The Bertz CT molecular complexity index is 753. The second-order valence-electron chi connectivity index (χ2n) is 6.11. The summed E-state index contributed by atoms with van der Waals surface area (Å²) >= 11 is 0. The van der Waals surface area contributed by atoms with Crippen LogP contribution >= 0.6 is 0 Å². The number of carbonyl (C=O) groups is 4. The van der Waals surface area contributed by atoms with E-state index >= 15 is 0 Å². The molecule has 0 unspecified atom stereocenters. The Balaban J connectivity index is 0.00000392. The zero-order chi connectivity index (χ0) is 20.1. The Morgan fingerprint density at radius 1 is 1.00 bits per heavy atom. The molecule has 2 rings (SSSR count). The second kappa shape index (κ2) is 10.1. The van der Waals surface area contributed by atoms with E-state index in [1.165, 1.54) is 27.7 Å². The third-order valence-electron chi connectivity index (χ3n) is 3.86. The van der Waals surface area contributed by atoms with E-state index < -0.39 is 42.4 Å². The average molecular weight is 416 g/mol. The first-order valence-electron chi connectivity index (χ1n) is 8.34. The lowest BCUT2D eigenvalue weighted by atomic mass is 10.1. The van der Waals surface area contributed by atoms with Crippen molar-refractivity contribution in [1.82, 2.24) is 0 Å². The fourth-order valence-electron chi connectivity index (χ4n) is 2.79. The van der Waals surface area contributed by atoms with Crippen LogP contribution in [-0.4, -0.2) is 48.6 Å². The quantitative estimate of drug-likeness (QED) is 0.217. The molecule has 1 aliphatic heterocycles. The van der Waals surface area contributed by atoms with Crippen LogP contribution in [0.4, 0.5) is 0 Å². The standard InChI is InChI=1S/C18H22NO8.ClH/c1-10(20)14-6-5-7-19(8-14)18-17(26-13(4)23)16(25-12(3)22)15(27-18)9-24-11(2)21;/h5-8,15-18H,9H2,1-4H3;1H/q+1;/p-1/t15-,16-,17-,18-;/m1./s1. The van der Waals surface area contributed by atoms with E-state index in [0.29, 0.717) is 5.56 Å². The number of pyridine rings is 1. The average Bonchev–Trinajstić information content (AvgIpc) is 2.89. The molecule has 1 aliphatic rings. The summed E-state index contributed by atoms with van der Waals surface area (Å²) < 4.78 is 23.0. The van der Waals surface area contributed by atoms with Crippen LogP contribution in [0.1, 0.15) is 44.3 Å². The molecule has 0 saturated carbocycles. The lowest BCUT2D eigenvalue weighted by molar-refractivity contribution is -0.765. The van der Waals surface area contributed by atoms with Crippen molar-refractivity contribution < 1.29 is 55.1 Å². The molecule has 0 aliphatic carbocycles. The molecule has 1 fully saturated rings. The summed E-state index contributed by atoms with van der Waals surface area (Å²) in [6.45, 7) is 4.91. The van der Waals surface area contributed by atoms with Gasteiger partial charge in [-0.15, -0.1) is 0 Å². The van der Waals surface area contributed by atoms with Gasteiger partial charge in [-0.2, -0.15) is 4.57 Å². The van der Waals surface area contributed by atoms with E-state index in [-0.39, 0.29) is 24.8 Å². The molecule has 28 heavy (non-hydrogen) atoms. The van der Waals surface area contributed by atoms with Crippen molar-refractivity contribution in [1.29, 1.82) is 0 Å². The maximum absolute atomic E-state index is 11.7. The third kappa shape index (κ3) is 6.00. The number of ether oxygens (including phenoxy) is 4. The molecule has 1 aromatic heterocycles. The largest absolute Gasteiger partial charge is 1.00 e. The van der Waals surface area contributed by atoms with Crippen LogP contribution in [0.2, 0.25) is 0 Å². The number of hydrogen-bond donors (Lipinski definition) is 0. The summed E-state index contributed by atoms with van der Waals surface area (Å²) in [5.74, 6) is -1.88. The number of ketones is 1. The normalized spacial score (nSPS) is 23.3. The lowest BCUT2D eigenvalue weighted by Crippen LogP contribution is -3.00. The van der Waals surface area contributed by atoms with E-state index in [9.17, 15) is 19.2 Å². The highest BCUT2D eigenvalue weighted by Gasteiger charge is 2.54. The molecule has 0 spiro atoms. The van der Waals surface area contributed by atoms with Crippen molar-refractivity contribution >= 4 is 23.7 Å². The van der Waals surface area contributed by atoms with Crippen LogP contribution in [0.15, 0.2) is 24.5 Å². The molecule has 0 aromatic carbocycles. The van der Waals surface area contributed by atoms with Gasteiger partial charge in [-0.05, 0) is 13.0 Å².